The average Bonchev–Trinajstić information content (AvgIpc) is 0.779. The van der Waals surface area contributed by atoms with Crippen molar-refractivity contribution in [1.29, 1.82) is 0 Å². The van der Waals surface area contributed by atoms with E-state index in [9.17, 15) is 61.0 Å². The highest BCUT2D eigenvalue weighted by atomic mass is 16.8. The summed E-state index contributed by atoms with van der Waals surface area (Å²) in [5.41, 5.74) is 0. The van der Waals surface area contributed by atoms with Gasteiger partial charge in [0.05, 0.1) is 38.6 Å². The fourth-order valence-electron chi connectivity index (χ4n) is 14.1. The van der Waals surface area contributed by atoms with Gasteiger partial charge in [-0.2, -0.15) is 0 Å². The second kappa shape index (κ2) is 74.0. The molecule has 0 spiro atoms. The Hall–Kier alpha value is -4.85. The third-order valence-corrected chi connectivity index (χ3v) is 21.2. The molecule has 19 nitrogen and oxygen atoms in total. The maximum absolute atomic E-state index is 13.5. The summed E-state index contributed by atoms with van der Waals surface area (Å²) in [6.45, 7) is 1.59. The van der Waals surface area contributed by atoms with E-state index in [1.807, 2.05) is 6.08 Å². The highest BCUT2D eigenvalue weighted by Gasteiger charge is 2.54. The van der Waals surface area contributed by atoms with E-state index in [2.05, 4.69) is 177 Å². The molecule has 17 atom stereocenters. The molecule has 3 rings (SSSR count). The van der Waals surface area contributed by atoms with Crippen molar-refractivity contribution in [1.82, 2.24) is 5.32 Å². The summed E-state index contributed by atoms with van der Waals surface area (Å²) in [4.78, 5) is 13.5. The third-order valence-electron chi connectivity index (χ3n) is 21.2. The highest BCUT2D eigenvalue weighted by molar-refractivity contribution is 5.76. The molecule has 0 aromatic carbocycles. The first-order valence-electron chi connectivity index (χ1n) is 45.4. The molecule has 3 fully saturated rings. The lowest BCUT2D eigenvalue weighted by Gasteiger charge is -2.48. The van der Waals surface area contributed by atoms with E-state index in [1.54, 1.807) is 6.08 Å². The van der Waals surface area contributed by atoms with Crippen LogP contribution in [-0.4, -0.2) is 193 Å². The van der Waals surface area contributed by atoms with Crippen LogP contribution in [0.25, 0.3) is 0 Å². The van der Waals surface area contributed by atoms with Gasteiger partial charge in [-0.1, -0.05) is 344 Å². The van der Waals surface area contributed by atoms with Crippen LogP contribution in [0, 0.1) is 0 Å². The molecule has 19 heteroatoms. The van der Waals surface area contributed by atoms with Crippen molar-refractivity contribution in [3.63, 3.8) is 0 Å². The number of aliphatic hydroxyl groups is 11. The summed E-state index contributed by atoms with van der Waals surface area (Å²) in [6.07, 6.45) is 85.0. The van der Waals surface area contributed by atoms with Crippen molar-refractivity contribution in [2.75, 3.05) is 26.4 Å². The maximum atomic E-state index is 13.5. The van der Waals surface area contributed by atoms with Crippen LogP contribution in [-0.2, 0) is 33.2 Å². The number of allylic oxidation sites excluding steroid dienone is 27. The van der Waals surface area contributed by atoms with Crippen molar-refractivity contribution in [3.8, 4) is 0 Å². The van der Waals surface area contributed by atoms with Crippen LogP contribution >= 0.6 is 0 Å². The smallest absolute Gasteiger partial charge is 0.220 e. The number of unbranched alkanes of at least 4 members (excludes halogenated alkanes) is 29. The van der Waals surface area contributed by atoms with Gasteiger partial charge in [-0.05, 0) is 122 Å². The first kappa shape index (κ1) is 105. The van der Waals surface area contributed by atoms with E-state index >= 15 is 0 Å². The van der Waals surface area contributed by atoms with Crippen LogP contribution in [0.3, 0.4) is 0 Å². The summed E-state index contributed by atoms with van der Waals surface area (Å²) >= 11 is 0. The summed E-state index contributed by atoms with van der Waals surface area (Å²) in [7, 11) is 0. The number of carbonyl (C=O) groups is 1. The molecule has 0 bridgehead atoms. The number of nitrogens with one attached hydrogen (secondary N) is 1. The first-order valence-corrected chi connectivity index (χ1v) is 45.4. The predicted molar refractivity (Wildman–Crippen MR) is 470 cm³/mol. The Bertz CT molecular complexity index is 2770. The van der Waals surface area contributed by atoms with E-state index in [0.717, 1.165) is 109 Å². The van der Waals surface area contributed by atoms with Gasteiger partial charge in [-0.15, -0.1) is 0 Å². The number of hydrogen-bond acceptors (Lipinski definition) is 18. The minimum atomic E-state index is -2.00. The molecular formula is C97H161NO18. The monoisotopic (exact) mass is 1630 g/mol. The summed E-state index contributed by atoms with van der Waals surface area (Å²) < 4.78 is 34.5. The molecule has 662 valence electrons. The zero-order valence-corrected chi connectivity index (χ0v) is 71.4. The Morgan fingerprint density at radius 2 is 0.603 bits per heavy atom. The maximum Gasteiger partial charge on any atom is 0.220 e. The van der Waals surface area contributed by atoms with Gasteiger partial charge in [0, 0.05) is 6.42 Å². The van der Waals surface area contributed by atoms with Gasteiger partial charge in [-0.25, -0.2) is 0 Å². The van der Waals surface area contributed by atoms with Gasteiger partial charge >= 0.3 is 0 Å². The van der Waals surface area contributed by atoms with Gasteiger partial charge in [0.1, 0.15) is 73.2 Å². The van der Waals surface area contributed by atoms with Crippen molar-refractivity contribution >= 4 is 5.91 Å². The lowest BCUT2D eigenvalue weighted by Crippen LogP contribution is -2.66. The van der Waals surface area contributed by atoms with Crippen LogP contribution < -0.4 is 5.32 Å². The normalized spacial score (nSPS) is 25.3. The lowest BCUT2D eigenvalue weighted by atomic mass is 9.96. The molecule has 12 N–H and O–H groups in total. The molecular weight excluding hydrogens is 1470 g/mol. The Morgan fingerprint density at radius 1 is 0.319 bits per heavy atom. The Kier molecular flexibility index (Phi) is 67.2. The second-order valence-electron chi connectivity index (χ2n) is 31.3. The standard InChI is InChI=1S/C97H161NO18/c1-3-5-7-9-11-13-15-17-19-21-23-25-27-29-31-33-35-37-38-39-40-41-42-43-45-47-49-51-53-55-57-59-61-63-65-67-69-71-73-75-85(103)98-80(81(102)74-72-70-68-66-64-62-60-58-56-54-52-50-48-46-44-36-34-32-30-28-26-24-22-20-18-16-14-12-10-8-6-4-2)79-111-95-91(109)88(106)93(83(77-100)113-95)116-97-92(110)89(107)94(84(78-101)114-97)115-96-90(108)87(105)86(104)82(76-99)112-96/h5,7,11,13,17,19,23,25,29,31,35,37,39-40,42-43,47,49,53,55,59,61,64-67,72,74,80-84,86-97,99-102,104-110H,3-4,6,8-10,12,14-16,18,20-22,24,26-28,30,32-34,36,38,41,44-46,48,50-52,54,56-58,60,62-63,68-71,73,75-79H2,1-2H3,(H,98,103)/b7-5-,13-11-,19-17-,25-23-,31-29-,37-35-,40-39-,43-42-,49-47-,55-53-,61-59-,66-64+,67-65-,74-72+. The summed E-state index contributed by atoms with van der Waals surface area (Å²) in [5, 5.41) is 121. The predicted octanol–water partition coefficient (Wildman–Crippen LogP) is 17.7. The molecule has 0 aromatic rings. The van der Waals surface area contributed by atoms with Crippen LogP contribution in [0.1, 0.15) is 303 Å². The van der Waals surface area contributed by atoms with Gasteiger partial charge < -0.3 is 89.9 Å². The van der Waals surface area contributed by atoms with Crippen LogP contribution in [0.4, 0.5) is 0 Å². The van der Waals surface area contributed by atoms with E-state index in [4.69, 9.17) is 28.4 Å². The number of aliphatic hydroxyl groups excluding tert-OH is 11. The summed E-state index contributed by atoms with van der Waals surface area (Å²) in [5.74, 6) is -0.332. The number of ether oxygens (including phenoxy) is 6. The number of rotatable bonds is 71. The average molecular weight is 1630 g/mol. The van der Waals surface area contributed by atoms with Crippen molar-refractivity contribution in [2.24, 2.45) is 0 Å². The van der Waals surface area contributed by atoms with Crippen LogP contribution in [0.15, 0.2) is 170 Å². The van der Waals surface area contributed by atoms with Gasteiger partial charge in [-0.3, -0.25) is 4.79 Å². The quantitative estimate of drug-likeness (QED) is 0.0199. The van der Waals surface area contributed by atoms with Crippen molar-refractivity contribution in [2.45, 2.75) is 407 Å². The van der Waals surface area contributed by atoms with Gasteiger partial charge in [0.25, 0.3) is 0 Å². The van der Waals surface area contributed by atoms with E-state index in [0.29, 0.717) is 12.8 Å². The zero-order valence-electron chi connectivity index (χ0n) is 71.4. The number of carbonyl (C=O) groups excluding carboxylic acids is 1. The molecule has 0 aromatic heterocycles. The van der Waals surface area contributed by atoms with Crippen LogP contribution in [0.2, 0.25) is 0 Å². The molecule has 0 aliphatic carbocycles. The van der Waals surface area contributed by atoms with Gasteiger partial charge in [0.2, 0.25) is 5.91 Å². The van der Waals surface area contributed by atoms with Crippen molar-refractivity contribution < 1.29 is 89.4 Å². The molecule has 0 saturated carbocycles. The fourth-order valence-corrected chi connectivity index (χ4v) is 14.1. The van der Waals surface area contributed by atoms with Crippen LogP contribution in [0.5, 0.6) is 0 Å². The summed E-state index contributed by atoms with van der Waals surface area (Å²) in [6, 6.07) is -1.03. The minimum Gasteiger partial charge on any atom is -0.394 e. The number of hydrogen-bond donors (Lipinski definition) is 12. The molecule has 3 aliphatic rings. The van der Waals surface area contributed by atoms with E-state index in [1.165, 1.54) is 161 Å². The number of amides is 1. The van der Waals surface area contributed by atoms with Gasteiger partial charge in [0.15, 0.2) is 18.9 Å². The van der Waals surface area contributed by atoms with Crippen molar-refractivity contribution in [3.05, 3.63) is 170 Å². The molecule has 3 heterocycles. The topological polar surface area (TPSA) is 307 Å². The molecule has 3 saturated heterocycles. The molecule has 116 heavy (non-hydrogen) atoms. The Balaban J connectivity index is 1.37. The fraction of sp³-hybridized carbons (Fsp3) is 0.701. The molecule has 1 amide bonds. The Labute approximate surface area is 700 Å². The minimum absolute atomic E-state index is 0.169. The Morgan fingerprint density at radius 3 is 0.966 bits per heavy atom. The van der Waals surface area contributed by atoms with E-state index < -0.39 is 131 Å². The molecule has 0 radical (unpaired) electrons. The SMILES string of the molecule is CC/C=C\C/C=C\C/C=C\C/C=C\C/C=C\C/C=C\C/C=C\C/C=C\C/C=C\C/C=C\C/C=C\C/C=C\CCCCC(=O)NC(COC1OC(CO)C(OC2OC(CO)C(OC3OC(CO)C(O)C(O)C3O)C(O)C2O)C(O)C1O)C(O)/C=C/CC/C=C/CCCCCCCCCCCCCCCCCCCCCCCCCCCC. The molecule has 3 aliphatic heterocycles. The third kappa shape index (κ3) is 51.7. The molecule has 17 unspecified atom stereocenters. The zero-order chi connectivity index (χ0) is 83.8. The largest absolute Gasteiger partial charge is 0.394 e. The first-order chi connectivity index (χ1) is 56.8. The highest BCUT2D eigenvalue weighted by Crippen LogP contribution is 2.33. The lowest BCUT2D eigenvalue weighted by molar-refractivity contribution is -0.379. The van der Waals surface area contributed by atoms with E-state index in [-0.39, 0.29) is 12.3 Å². The second-order valence-corrected chi connectivity index (χ2v) is 31.3.